The van der Waals surface area contributed by atoms with Gasteiger partial charge in [0.25, 0.3) is 11.8 Å². The fourth-order valence-electron chi connectivity index (χ4n) is 4.53. The number of fused-ring (bicyclic) bond motifs is 1. The van der Waals surface area contributed by atoms with Crippen molar-refractivity contribution in [3.8, 4) is 0 Å². The van der Waals surface area contributed by atoms with E-state index in [1.54, 1.807) is 60.8 Å². The van der Waals surface area contributed by atoms with Crippen LogP contribution in [0.1, 0.15) is 39.1 Å². The van der Waals surface area contributed by atoms with Crippen LogP contribution < -0.4 is 10.2 Å². The molecule has 2 heterocycles. The van der Waals surface area contributed by atoms with E-state index in [0.717, 1.165) is 6.26 Å². The van der Waals surface area contributed by atoms with Crippen LogP contribution in [0.25, 0.3) is 0 Å². The van der Waals surface area contributed by atoms with E-state index >= 15 is 0 Å². The number of amides is 2. The summed E-state index contributed by atoms with van der Waals surface area (Å²) in [4.78, 5) is 38.5. The molecule has 10 nitrogen and oxygen atoms in total. The van der Waals surface area contributed by atoms with E-state index in [4.69, 9.17) is 28.0 Å². The van der Waals surface area contributed by atoms with Crippen LogP contribution in [0.4, 0.5) is 0 Å². The van der Waals surface area contributed by atoms with Gasteiger partial charge in [0.05, 0.1) is 36.6 Å². The minimum absolute atomic E-state index is 0.00644. The number of sulfonamides is 1. The summed E-state index contributed by atoms with van der Waals surface area (Å²) in [6.45, 7) is -0.897. The maximum absolute atomic E-state index is 13.9. The first-order chi connectivity index (χ1) is 18.6. The molecule has 3 aromatic rings. The van der Waals surface area contributed by atoms with Crippen molar-refractivity contribution in [2.75, 3.05) is 19.4 Å². The molecule has 206 valence electrons. The van der Waals surface area contributed by atoms with E-state index in [1.807, 2.05) is 0 Å². The standard InChI is InChI=1S/C26H26Cl2N4O6S/c1-39(36,37)30-13-18(14-33)32-24(21-10-9-16(27)12-22(21)28)23(19-7-2-3-8-20(19)26(32)35)25(34)31-38-15-17-6-4-5-11-29-17/h2-12,18,23-24,30,33H,13-15H2,1H3,(H,31,34)/t18-,23?,24?/m0/s1. The first-order valence-corrected chi connectivity index (χ1v) is 14.5. The van der Waals surface area contributed by atoms with E-state index in [2.05, 4.69) is 15.2 Å². The molecule has 0 spiro atoms. The fourth-order valence-corrected chi connectivity index (χ4v) is 5.55. The molecule has 0 aliphatic carbocycles. The first kappa shape index (κ1) is 28.9. The van der Waals surface area contributed by atoms with Gasteiger partial charge in [-0.25, -0.2) is 18.6 Å². The lowest BCUT2D eigenvalue weighted by molar-refractivity contribution is -0.138. The summed E-state index contributed by atoms with van der Waals surface area (Å²) in [6.07, 6.45) is 2.57. The third-order valence-corrected chi connectivity index (χ3v) is 7.50. The Morgan fingerprint density at radius 2 is 1.87 bits per heavy atom. The Bertz CT molecular complexity index is 1460. The van der Waals surface area contributed by atoms with Crippen molar-refractivity contribution in [1.29, 1.82) is 0 Å². The van der Waals surface area contributed by atoms with Crippen molar-refractivity contribution >= 4 is 45.0 Å². The lowest BCUT2D eigenvalue weighted by Crippen LogP contribution is -2.55. The predicted octanol–water partition coefficient (Wildman–Crippen LogP) is 2.83. The highest BCUT2D eigenvalue weighted by molar-refractivity contribution is 7.88. The number of hydroxylamine groups is 1. The normalized spacial score (nSPS) is 17.9. The molecule has 1 aliphatic rings. The van der Waals surface area contributed by atoms with Crippen LogP contribution in [0.2, 0.25) is 10.0 Å². The number of carbonyl (C=O) groups is 2. The smallest absolute Gasteiger partial charge is 0.255 e. The van der Waals surface area contributed by atoms with Crippen LogP contribution in [0.5, 0.6) is 0 Å². The van der Waals surface area contributed by atoms with Crippen LogP contribution in [0, 0.1) is 0 Å². The molecule has 4 rings (SSSR count). The van der Waals surface area contributed by atoms with E-state index < -0.39 is 46.4 Å². The molecule has 39 heavy (non-hydrogen) atoms. The highest BCUT2D eigenvalue weighted by Gasteiger charge is 2.47. The van der Waals surface area contributed by atoms with Gasteiger partial charge in [-0.1, -0.05) is 53.5 Å². The molecule has 0 fully saturated rings. The van der Waals surface area contributed by atoms with E-state index in [1.165, 1.54) is 11.0 Å². The molecule has 2 unspecified atom stereocenters. The molecule has 0 radical (unpaired) electrons. The topological polar surface area (TPSA) is 138 Å². The Morgan fingerprint density at radius 3 is 2.54 bits per heavy atom. The van der Waals surface area contributed by atoms with Crippen LogP contribution in [0.3, 0.4) is 0 Å². The fraction of sp³-hybridized carbons (Fsp3) is 0.269. The summed E-state index contributed by atoms with van der Waals surface area (Å²) in [5.41, 5.74) is 4.07. The molecule has 2 amide bonds. The molecule has 1 aromatic heterocycles. The van der Waals surface area contributed by atoms with E-state index in [0.29, 0.717) is 21.8 Å². The third-order valence-electron chi connectivity index (χ3n) is 6.24. The summed E-state index contributed by atoms with van der Waals surface area (Å²) in [5.74, 6) is -2.14. The third kappa shape index (κ3) is 6.75. The maximum Gasteiger partial charge on any atom is 0.255 e. The van der Waals surface area contributed by atoms with Crippen LogP contribution >= 0.6 is 23.2 Å². The number of carbonyl (C=O) groups excluding carboxylic acids is 2. The lowest BCUT2D eigenvalue weighted by atomic mass is 9.78. The molecular formula is C26H26Cl2N4O6S. The minimum Gasteiger partial charge on any atom is -0.394 e. The second-order valence-corrected chi connectivity index (χ2v) is 11.6. The number of nitrogens with zero attached hydrogens (tertiary/aromatic N) is 2. The SMILES string of the molecule is CS(=O)(=O)NC[C@@H](CO)N1C(=O)c2ccccc2C(C(=O)NOCc2ccccn2)C1c1ccc(Cl)cc1Cl. The minimum atomic E-state index is -3.66. The Balaban J connectivity index is 1.79. The van der Waals surface area contributed by atoms with Gasteiger partial charge in [-0.3, -0.25) is 19.4 Å². The molecule has 2 aromatic carbocycles. The van der Waals surface area contributed by atoms with E-state index in [9.17, 15) is 23.1 Å². The van der Waals surface area contributed by atoms with Gasteiger partial charge < -0.3 is 10.0 Å². The van der Waals surface area contributed by atoms with Crippen molar-refractivity contribution in [1.82, 2.24) is 20.1 Å². The Morgan fingerprint density at radius 1 is 1.13 bits per heavy atom. The largest absolute Gasteiger partial charge is 0.394 e. The number of aromatic nitrogens is 1. The number of benzene rings is 2. The summed E-state index contributed by atoms with van der Waals surface area (Å²) in [5, 5.41) is 10.8. The summed E-state index contributed by atoms with van der Waals surface area (Å²) < 4.78 is 26.0. The summed E-state index contributed by atoms with van der Waals surface area (Å²) in [6, 6.07) is 14.4. The van der Waals surface area contributed by atoms with Gasteiger partial charge in [-0.15, -0.1) is 0 Å². The van der Waals surface area contributed by atoms with Crippen LogP contribution in [-0.2, 0) is 26.3 Å². The number of pyridine rings is 1. The lowest BCUT2D eigenvalue weighted by Gasteiger charge is -2.45. The number of aliphatic hydroxyl groups is 1. The van der Waals surface area contributed by atoms with Crippen molar-refractivity contribution < 1.29 is 28.0 Å². The molecule has 0 saturated heterocycles. The zero-order valence-electron chi connectivity index (χ0n) is 20.8. The number of hydrogen-bond acceptors (Lipinski definition) is 7. The van der Waals surface area contributed by atoms with Crippen LogP contribution in [-0.4, -0.2) is 60.7 Å². The van der Waals surface area contributed by atoms with Crippen molar-refractivity contribution in [2.24, 2.45) is 0 Å². The maximum atomic E-state index is 13.9. The van der Waals surface area contributed by atoms with Gasteiger partial charge in [0.15, 0.2) is 0 Å². The van der Waals surface area contributed by atoms with Gasteiger partial charge in [0, 0.05) is 28.4 Å². The van der Waals surface area contributed by atoms with Gasteiger partial charge in [0.2, 0.25) is 10.0 Å². The molecule has 3 atom stereocenters. The Hall–Kier alpha value is -3.06. The van der Waals surface area contributed by atoms with Crippen molar-refractivity contribution in [3.05, 3.63) is 99.3 Å². The number of rotatable bonds is 10. The Labute approximate surface area is 235 Å². The molecule has 0 saturated carbocycles. The summed E-state index contributed by atoms with van der Waals surface area (Å²) in [7, 11) is -3.66. The molecule has 3 N–H and O–H groups in total. The number of aliphatic hydroxyl groups excluding tert-OH is 1. The van der Waals surface area contributed by atoms with Gasteiger partial charge in [-0.05, 0) is 41.5 Å². The molecule has 1 aliphatic heterocycles. The zero-order chi connectivity index (χ0) is 28.2. The molecular weight excluding hydrogens is 567 g/mol. The number of nitrogens with one attached hydrogen (secondary N) is 2. The van der Waals surface area contributed by atoms with Gasteiger partial charge in [0.1, 0.15) is 6.61 Å². The average molecular weight is 593 g/mol. The average Bonchev–Trinajstić information content (AvgIpc) is 2.90. The van der Waals surface area contributed by atoms with Crippen LogP contribution in [0.15, 0.2) is 66.9 Å². The summed E-state index contributed by atoms with van der Waals surface area (Å²) >= 11 is 12.7. The van der Waals surface area contributed by atoms with Gasteiger partial charge in [-0.2, -0.15) is 0 Å². The highest BCUT2D eigenvalue weighted by atomic mass is 35.5. The first-order valence-electron chi connectivity index (χ1n) is 11.8. The second-order valence-electron chi connectivity index (χ2n) is 8.92. The molecule has 13 heteroatoms. The quantitative estimate of drug-likeness (QED) is 0.308. The second kappa shape index (κ2) is 12.4. The molecule has 0 bridgehead atoms. The number of hydrogen-bond donors (Lipinski definition) is 3. The highest BCUT2D eigenvalue weighted by Crippen LogP contribution is 2.46. The zero-order valence-corrected chi connectivity index (χ0v) is 23.1. The predicted molar refractivity (Wildman–Crippen MR) is 145 cm³/mol. The number of halogens is 2. The van der Waals surface area contributed by atoms with Gasteiger partial charge >= 0.3 is 0 Å². The van der Waals surface area contributed by atoms with Crippen molar-refractivity contribution in [3.63, 3.8) is 0 Å². The van der Waals surface area contributed by atoms with E-state index in [-0.39, 0.29) is 23.7 Å². The Kier molecular flexibility index (Phi) is 9.21. The monoisotopic (exact) mass is 592 g/mol. The van der Waals surface area contributed by atoms with Crippen molar-refractivity contribution in [2.45, 2.75) is 24.6 Å².